The fraction of sp³-hybridized carbons (Fsp3) is 0.500. The van der Waals surface area contributed by atoms with Gasteiger partial charge in [0.25, 0.3) is 9.05 Å². The first-order valence-electron chi connectivity index (χ1n) is 3.62. The largest absolute Gasteiger partial charge is 0.265 e. The van der Waals surface area contributed by atoms with E-state index in [0.717, 1.165) is 6.42 Å². The molecule has 1 aromatic heterocycles. The van der Waals surface area contributed by atoms with Crippen molar-refractivity contribution in [3.8, 4) is 0 Å². The summed E-state index contributed by atoms with van der Waals surface area (Å²) >= 11 is 1.92. The Morgan fingerprint density at radius 3 is 2.69 bits per heavy atom. The molecule has 4 nitrogen and oxygen atoms in total. The van der Waals surface area contributed by atoms with Crippen LogP contribution in [0.2, 0.25) is 0 Å². The number of hydrogen-bond acceptors (Lipinski definition) is 3. The summed E-state index contributed by atoms with van der Waals surface area (Å²) in [6.45, 7) is 2.69. The third-order valence-corrected chi connectivity index (χ3v) is 4.27. The lowest BCUT2D eigenvalue weighted by Gasteiger charge is -1.99. The van der Waals surface area contributed by atoms with Gasteiger partial charge in [-0.2, -0.15) is 5.10 Å². The molecule has 0 aromatic carbocycles. The molecule has 0 radical (unpaired) electrons. The summed E-state index contributed by atoms with van der Waals surface area (Å²) in [5.41, 5.74) is 0. The highest BCUT2D eigenvalue weighted by Gasteiger charge is 2.18. The number of rotatable bonds is 3. The number of hydrogen-bond donors (Lipinski definition) is 0. The Bertz CT molecular complexity index is 401. The molecule has 0 amide bonds. The lowest BCUT2D eigenvalue weighted by molar-refractivity contribution is 0.585. The van der Waals surface area contributed by atoms with Crippen LogP contribution >= 0.6 is 33.3 Å². The van der Waals surface area contributed by atoms with Crippen LogP contribution in [-0.4, -0.2) is 18.2 Å². The molecule has 0 unspecified atom stereocenters. The molecule has 1 rings (SSSR count). The van der Waals surface area contributed by atoms with Crippen molar-refractivity contribution in [2.24, 2.45) is 0 Å². The second kappa shape index (κ2) is 4.14. The Morgan fingerprint density at radius 2 is 2.31 bits per heavy atom. The molecule has 0 saturated carbocycles. The Kier molecular flexibility index (Phi) is 3.58. The van der Waals surface area contributed by atoms with Crippen molar-refractivity contribution in [2.75, 3.05) is 0 Å². The smallest absolute Gasteiger partial charge is 0.258 e. The zero-order valence-corrected chi connectivity index (χ0v) is 10.6. The van der Waals surface area contributed by atoms with Crippen LogP contribution in [0.5, 0.6) is 0 Å². The van der Waals surface area contributed by atoms with E-state index in [0.29, 0.717) is 10.2 Å². The van der Waals surface area contributed by atoms with E-state index in [1.165, 1.54) is 6.20 Å². The first-order valence-corrected chi connectivity index (χ1v) is 7.01. The molecule has 0 N–H and O–H groups in total. The second-order valence-electron chi connectivity index (χ2n) is 2.46. The van der Waals surface area contributed by atoms with Crippen LogP contribution in [0.25, 0.3) is 0 Å². The zero-order valence-electron chi connectivity index (χ0n) is 6.87. The third kappa shape index (κ3) is 2.57. The number of halogens is 2. The van der Waals surface area contributed by atoms with E-state index in [9.17, 15) is 8.42 Å². The Morgan fingerprint density at radius 1 is 1.69 bits per heavy atom. The van der Waals surface area contributed by atoms with Crippen LogP contribution in [0.3, 0.4) is 0 Å². The molecule has 0 spiro atoms. The van der Waals surface area contributed by atoms with Crippen molar-refractivity contribution in [3.05, 3.63) is 9.90 Å². The normalized spacial score (nSPS) is 11.9. The van der Waals surface area contributed by atoms with Crippen LogP contribution in [0.1, 0.15) is 13.3 Å². The molecule has 0 aliphatic carbocycles. The van der Waals surface area contributed by atoms with Gasteiger partial charge < -0.3 is 0 Å². The lowest BCUT2D eigenvalue weighted by atomic mass is 10.5. The third-order valence-electron chi connectivity index (χ3n) is 1.44. The van der Waals surface area contributed by atoms with Gasteiger partial charge in [-0.05, 0) is 29.0 Å². The quantitative estimate of drug-likeness (QED) is 0.626. The van der Waals surface area contributed by atoms with E-state index in [-0.39, 0.29) is 4.90 Å². The van der Waals surface area contributed by atoms with Gasteiger partial charge in [-0.1, -0.05) is 6.92 Å². The molecule has 1 aromatic rings. The minimum atomic E-state index is -3.65. The van der Waals surface area contributed by atoms with Crippen molar-refractivity contribution in [1.29, 1.82) is 0 Å². The average molecular weight is 335 g/mol. The summed E-state index contributed by atoms with van der Waals surface area (Å²) in [6.07, 6.45) is 2.18. The maximum atomic E-state index is 11.0. The maximum absolute atomic E-state index is 11.0. The summed E-state index contributed by atoms with van der Waals surface area (Å²) in [5.74, 6) is 0. The van der Waals surface area contributed by atoms with Gasteiger partial charge in [-0.25, -0.2) is 8.42 Å². The molecule has 0 aliphatic rings. The Balaban J connectivity index is 3.14. The number of aryl methyl sites for hydroxylation is 1. The van der Waals surface area contributed by atoms with Crippen molar-refractivity contribution >= 4 is 42.3 Å². The predicted molar refractivity (Wildman–Crippen MR) is 58.3 cm³/mol. The van der Waals surface area contributed by atoms with Gasteiger partial charge in [0.15, 0.2) is 0 Å². The minimum Gasteiger partial charge on any atom is -0.258 e. The molecule has 0 bridgehead atoms. The monoisotopic (exact) mass is 334 g/mol. The maximum Gasteiger partial charge on any atom is 0.265 e. The first kappa shape index (κ1) is 11.3. The summed E-state index contributed by atoms with van der Waals surface area (Å²) in [5, 5.41) is 3.92. The van der Waals surface area contributed by atoms with Crippen LogP contribution in [0.15, 0.2) is 11.1 Å². The lowest BCUT2D eigenvalue weighted by Crippen LogP contribution is -2.02. The minimum absolute atomic E-state index is 0.0863. The molecular formula is C6H8ClIN2O2S. The highest BCUT2D eigenvalue weighted by molar-refractivity contribution is 14.1. The highest BCUT2D eigenvalue weighted by atomic mass is 127. The molecule has 7 heteroatoms. The standard InChI is InChI=1S/C6H8ClIN2O2S/c1-2-3-10-6(8)5(4-9-10)13(7,11)12/h4H,2-3H2,1H3. The van der Waals surface area contributed by atoms with Gasteiger partial charge in [0.05, 0.1) is 6.20 Å². The highest BCUT2D eigenvalue weighted by Crippen LogP contribution is 2.21. The fourth-order valence-electron chi connectivity index (χ4n) is 0.885. The van der Waals surface area contributed by atoms with Gasteiger partial charge in [0.2, 0.25) is 0 Å². The molecular weight excluding hydrogens is 327 g/mol. The number of nitrogens with zero attached hydrogens (tertiary/aromatic N) is 2. The van der Waals surface area contributed by atoms with E-state index >= 15 is 0 Å². The summed E-state index contributed by atoms with van der Waals surface area (Å²) in [6, 6.07) is 0. The Hall–Kier alpha value is 0.180. The van der Waals surface area contributed by atoms with Crippen molar-refractivity contribution < 1.29 is 8.42 Å². The van der Waals surface area contributed by atoms with Gasteiger partial charge in [-0.3, -0.25) is 4.68 Å². The SMILES string of the molecule is CCCn1ncc(S(=O)(=O)Cl)c1I. The topological polar surface area (TPSA) is 52.0 Å². The summed E-state index contributed by atoms with van der Waals surface area (Å²) in [4.78, 5) is 0.0863. The van der Waals surface area contributed by atoms with Crippen molar-refractivity contribution in [3.63, 3.8) is 0 Å². The number of aromatic nitrogens is 2. The average Bonchev–Trinajstić information content (AvgIpc) is 2.32. The van der Waals surface area contributed by atoms with Gasteiger partial charge in [0.1, 0.15) is 8.60 Å². The Labute approximate surface area is 94.8 Å². The fourth-order valence-corrected chi connectivity index (χ4v) is 3.47. The molecule has 1 heterocycles. The van der Waals surface area contributed by atoms with E-state index < -0.39 is 9.05 Å². The predicted octanol–water partition coefficient (Wildman–Crippen LogP) is 1.83. The van der Waals surface area contributed by atoms with E-state index in [2.05, 4.69) is 5.10 Å². The molecule has 74 valence electrons. The molecule has 0 fully saturated rings. The van der Waals surface area contributed by atoms with E-state index in [4.69, 9.17) is 10.7 Å². The summed E-state index contributed by atoms with van der Waals surface area (Å²) in [7, 11) is 1.54. The van der Waals surface area contributed by atoms with Crippen molar-refractivity contribution in [2.45, 2.75) is 24.8 Å². The summed E-state index contributed by atoms with van der Waals surface area (Å²) < 4.78 is 24.1. The van der Waals surface area contributed by atoms with Crippen molar-refractivity contribution in [1.82, 2.24) is 9.78 Å². The molecule has 0 saturated heterocycles. The van der Waals surface area contributed by atoms with Gasteiger partial charge in [-0.15, -0.1) is 0 Å². The second-order valence-corrected chi connectivity index (χ2v) is 6.02. The van der Waals surface area contributed by atoms with Crippen LogP contribution in [-0.2, 0) is 15.6 Å². The van der Waals surface area contributed by atoms with Crippen LogP contribution < -0.4 is 0 Å². The van der Waals surface area contributed by atoms with Crippen LogP contribution in [0.4, 0.5) is 0 Å². The van der Waals surface area contributed by atoms with Crippen LogP contribution in [0, 0.1) is 3.70 Å². The van der Waals surface area contributed by atoms with E-state index in [1.54, 1.807) is 4.68 Å². The molecule has 13 heavy (non-hydrogen) atoms. The van der Waals surface area contributed by atoms with Gasteiger partial charge in [0, 0.05) is 17.2 Å². The molecule has 0 atom stereocenters. The van der Waals surface area contributed by atoms with Gasteiger partial charge >= 0.3 is 0 Å². The molecule has 0 aliphatic heterocycles. The van der Waals surface area contributed by atoms with E-state index in [1.807, 2.05) is 29.5 Å². The first-order chi connectivity index (χ1) is 5.96. The zero-order chi connectivity index (χ0) is 10.1.